The number of nitrogens with zero attached hydrogens (tertiary/aromatic N) is 3. The summed E-state index contributed by atoms with van der Waals surface area (Å²) in [6.45, 7) is 0. The van der Waals surface area contributed by atoms with E-state index in [2.05, 4.69) is 37.9 Å². The molecule has 0 fully saturated rings. The van der Waals surface area contributed by atoms with Crippen LogP contribution in [0.15, 0.2) is 42.9 Å². The molecule has 0 saturated heterocycles. The molecule has 19 heavy (non-hydrogen) atoms. The highest BCUT2D eigenvalue weighted by Gasteiger charge is 2.10. The first kappa shape index (κ1) is 12.2. The van der Waals surface area contributed by atoms with Crippen LogP contribution in [0, 0.1) is 3.57 Å². The first-order chi connectivity index (χ1) is 9.28. The molecule has 0 atom stereocenters. The molecule has 0 bridgehead atoms. The van der Waals surface area contributed by atoms with Gasteiger partial charge in [-0.3, -0.25) is 4.40 Å². The van der Waals surface area contributed by atoms with Gasteiger partial charge in [0.05, 0.1) is 9.77 Å². The molecule has 6 heteroatoms. The van der Waals surface area contributed by atoms with Crippen LogP contribution in [0.25, 0.3) is 5.65 Å². The van der Waals surface area contributed by atoms with Crippen LogP contribution in [0.3, 0.4) is 0 Å². The highest BCUT2D eigenvalue weighted by Crippen LogP contribution is 2.28. The summed E-state index contributed by atoms with van der Waals surface area (Å²) in [7, 11) is 1.82. The Morgan fingerprint density at radius 3 is 2.95 bits per heavy atom. The monoisotopic (exact) mass is 366 g/mol. The number of rotatable bonds is 3. The fourth-order valence-corrected chi connectivity index (χ4v) is 2.22. The molecule has 0 unspecified atom stereocenters. The lowest BCUT2D eigenvalue weighted by atomic mass is 10.3. The molecule has 0 aliphatic rings. The molecule has 0 aliphatic heterocycles. The van der Waals surface area contributed by atoms with Crippen molar-refractivity contribution in [3.8, 4) is 11.6 Å². The Balaban J connectivity index is 2.09. The second-order valence-electron chi connectivity index (χ2n) is 3.87. The molecule has 0 saturated carbocycles. The van der Waals surface area contributed by atoms with Crippen molar-refractivity contribution in [2.75, 3.05) is 12.4 Å². The van der Waals surface area contributed by atoms with Crippen LogP contribution in [-0.4, -0.2) is 21.4 Å². The minimum absolute atomic E-state index is 0.487. The minimum atomic E-state index is 0.487. The lowest BCUT2D eigenvalue weighted by Gasteiger charge is -2.09. The van der Waals surface area contributed by atoms with Gasteiger partial charge in [-0.25, -0.2) is 4.98 Å². The van der Waals surface area contributed by atoms with Crippen molar-refractivity contribution in [2.24, 2.45) is 0 Å². The lowest BCUT2D eigenvalue weighted by Crippen LogP contribution is -2.00. The van der Waals surface area contributed by atoms with E-state index >= 15 is 0 Å². The SMILES string of the molecule is CNc1cn2ccnc2c(Oc2ccccc2I)n1. The summed E-state index contributed by atoms with van der Waals surface area (Å²) in [5.41, 5.74) is 0.693. The van der Waals surface area contributed by atoms with E-state index in [1.165, 1.54) is 0 Å². The molecule has 2 heterocycles. The quantitative estimate of drug-likeness (QED) is 0.724. The molecule has 0 aliphatic carbocycles. The van der Waals surface area contributed by atoms with Gasteiger partial charge in [-0.2, -0.15) is 4.98 Å². The molecule has 0 radical (unpaired) electrons. The normalized spacial score (nSPS) is 10.6. The van der Waals surface area contributed by atoms with Crippen molar-refractivity contribution >= 4 is 34.1 Å². The number of ether oxygens (including phenoxy) is 1. The topological polar surface area (TPSA) is 51.5 Å². The maximum atomic E-state index is 5.88. The Hall–Kier alpha value is -1.83. The molecule has 0 spiro atoms. The molecule has 96 valence electrons. The van der Waals surface area contributed by atoms with E-state index in [1.807, 2.05) is 48.1 Å². The van der Waals surface area contributed by atoms with Crippen LogP contribution in [0.5, 0.6) is 11.6 Å². The molecule has 0 amide bonds. The lowest BCUT2D eigenvalue weighted by molar-refractivity contribution is 0.462. The predicted molar refractivity (Wildman–Crippen MR) is 81.8 cm³/mol. The number of para-hydroxylation sites is 1. The number of halogens is 1. The molecular weight excluding hydrogens is 355 g/mol. The van der Waals surface area contributed by atoms with Gasteiger partial charge < -0.3 is 10.1 Å². The van der Waals surface area contributed by atoms with E-state index in [4.69, 9.17) is 4.74 Å². The number of nitrogens with one attached hydrogen (secondary N) is 1. The smallest absolute Gasteiger partial charge is 0.265 e. The van der Waals surface area contributed by atoms with Crippen LogP contribution in [0.1, 0.15) is 0 Å². The number of anilines is 1. The fraction of sp³-hybridized carbons (Fsp3) is 0.0769. The zero-order chi connectivity index (χ0) is 13.2. The zero-order valence-electron chi connectivity index (χ0n) is 10.2. The first-order valence-corrected chi connectivity index (χ1v) is 6.79. The van der Waals surface area contributed by atoms with Gasteiger partial charge in [0.1, 0.15) is 11.6 Å². The van der Waals surface area contributed by atoms with E-state index in [0.717, 1.165) is 15.1 Å². The maximum absolute atomic E-state index is 5.88. The third kappa shape index (κ3) is 2.35. The highest BCUT2D eigenvalue weighted by molar-refractivity contribution is 14.1. The summed E-state index contributed by atoms with van der Waals surface area (Å²) in [5.74, 6) is 1.99. The van der Waals surface area contributed by atoms with Crippen LogP contribution in [0.2, 0.25) is 0 Å². The predicted octanol–water partition coefficient (Wildman–Crippen LogP) is 3.17. The molecule has 5 nitrogen and oxygen atoms in total. The molecular formula is C13H11IN4O. The van der Waals surface area contributed by atoms with Gasteiger partial charge in [0.2, 0.25) is 5.65 Å². The van der Waals surface area contributed by atoms with E-state index in [1.54, 1.807) is 6.20 Å². The second kappa shape index (κ2) is 5.04. The number of fused-ring (bicyclic) bond motifs is 1. The number of hydrogen-bond donors (Lipinski definition) is 1. The number of benzene rings is 1. The summed E-state index contributed by atoms with van der Waals surface area (Å²) >= 11 is 2.23. The van der Waals surface area contributed by atoms with Gasteiger partial charge in [-0.15, -0.1) is 0 Å². The summed E-state index contributed by atoms with van der Waals surface area (Å²) in [5, 5.41) is 3.01. The van der Waals surface area contributed by atoms with Crippen molar-refractivity contribution in [2.45, 2.75) is 0 Å². The van der Waals surface area contributed by atoms with Gasteiger partial charge in [-0.1, -0.05) is 12.1 Å². The van der Waals surface area contributed by atoms with E-state index in [-0.39, 0.29) is 0 Å². The van der Waals surface area contributed by atoms with Crippen molar-refractivity contribution in [3.63, 3.8) is 0 Å². The van der Waals surface area contributed by atoms with E-state index in [0.29, 0.717) is 11.5 Å². The first-order valence-electron chi connectivity index (χ1n) is 5.72. The summed E-state index contributed by atoms with van der Waals surface area (Å²) in [6, 6.07) is 7.80. The summed E-state index contributed by atoms with van der Waals surface area (Å²) < 4.78 is 8.79. The summed E-state index contributed by atoms with van der Waals surface area (Å²) in [4.78, 5) is 8.67. The third-order valence-corrected chi connectivity index (χ3v) is 3.53. The van der Waals surface area contributed by atoms with Gasteiger partial charge >= 0.3 is 0 Å². The van der Waals surface area contributed by atoms with Crippen LogP contribution in [-0.2, 0) is 0 Å². The van der Waals surface area contributed by atoms with Crippen LogP contribution >= 0.6 is 22.6 Å². The van der Waals surface area contributed by atoms with Gasteiger partial charge in [-0.05, 0) is 34.7 Å². The Bertz CT molecular complexity index is 725. The number of hydrogen-bond acceptors (Lipinski definition) is 4. The standard InChI is InChI=1S/C13H11IN4O/c1-15-11-8-18-7-6-16-12(18)13(17-11)19-10-5-3-2-4-9(10)14/h2-8,15H,1H3. The molecule has 3 aromatic rings. The second-order valence-corrected chi connectivity index (χ2v) is 5.03. The average molecular weight is 366 g/mol. The third-order valence-electron chi connectivity index (χ3n) is 2.64. The van der Waals surface area contributed by atoms with E-state index < -0.39 is 0 Å². The van der Waals surface area contributed by atoms with Gasteiger partial charge in [0, 0.05) is 19.4 Å². The summed E-state index contributed by atoms with van der Waals surface area (Å²) in [6.07, 6.45) is 5.45. The zero-order valence-corrected chi connectivity index (χ0v) is 12.3. The van der Waals surface area contributed by atoms with Crippen LogP contribution in [0.4, 0.5) is 5.82 Å². The highest BCUT2D eigenvalue weighted by atomic mass is 127. The van der Waals surface area contributed by atoms with E-state index in [9.17, 15) is 0 Å². The fourth-order valence-electron chi connectivity index (χ4n) is 1.72. The molecule has 1 aromatic carbocycles. The Labute approximate surface area is 123 Å². The minimum Gasteiger partial charge on any atom is -0.435 e. The Kier molecular flexibility index (Phi) is 3.24. The van der Waals surface area contributed by atoms with Gasteiger partial charge in [0.25, 0.3) is 5.88 Å². The number of aromatic nitrogens is 3. The van der Waals surface area contributed by atoms with Crippen molar-refractivity contribution in [1.82, 2.24) is 14.4 Å². The van der Waals surface area contributed by atoms with Crippen molar-refractivity contribution in [3.05, 3.63) is 46.4 Å². The maximum Gasteiger partial charge on any atom is 0.265 e. The average Bonchev–Trinajstić information content (AvgIpc) is 2.89. The van der Waals surface area contributed by atoms with Crippen LogP contribution < -0.4 is 10.1 Å². The number of imidazole rings is 1. The van der Waals surface area contributed by atoms with Crippen molar-refractivity contribution < 1.29 is 4.74 Å². The van der Waals surface area contributed by atoms with Crippen molar-refractivity contribution in [1.29, 1.82) is 0 Å². The molecule has 2 aromatic heterocycles. The Morgan fingerprint density at radius 1 is 1.32 bits per heavy atom. The molecule has 3 rings (SSSR count). The largest absolute Gasteiger partial charge is 0.435 e. The Morgan fingerprint density at radius 2 is 2.16 bits per heavy atom. The van der Waals surface area contributed by atoms with Gasteiger partial charge in [0.15, 0.2) is 0 Å². The molecule has 1 N–H and O–H groups in total.